The molecule has 0 saturated heterocycles. The van der Waals surface area contributed by atoms with Crippen LogP contribution in [0.5, 0.6) is 5.88 Å². The van der Waals surface area contributed by atoms with Crippen molar-refractivity contribution in [1.82, 2.24) is 9.78 Å². The van der Waals surface area contributed by atoms with Crippen molar-refractivity contribution in [3.63, 3.8) is 0 Å². The van der Waals surface area contributed by atoms with E-state index in [1.807, 2.05) is 10.9 Å². The zero-order valence-electron chi connectivity index (χ0n) is 7.74. The summed E-state index contributed by atoms with van der Waals surface area (Å²) in [6.07, 6.45) is 1.92. The van der Waals surface area contributed by atoms with E-state index < -0.39 is 0 Å². The molecule has 0 aliphatic heterocycles. The van der Waals surface area contributed by atoms with E-state index in [1.165, 1.54) is 0 Å². The highest BCUT2D eigenvalue weighted by Crippen LogP contribution is 2.16. The van der Waals surface area contributed by atoms with Crippen molar-refractivity contribution in [1.29, 1.82) is 0 Å². The molecule has 0 aromatic carbocycles. The van der Waals surface area contributed by atoms with Crippen molar-refractivity contribution < 1.29 is 4.74 Å². The third-order valence-corrected chi connectivity index (χ3v) is 1.71. The van der Waals surface area contributed by atoms with Crippen molar-refractivity contribution >= 4 is 0 Å². The standard InChI is InChI=1S/C8H15N3O/c1-6(2)11-5-7(4-9)8(10-11)12-3/h5-6H,4,9H2,1-3H3. The molecule has 0 amide bonds. The summed E-state index contributed by atoms with van der Waals surface area (Å²) in [5, 5.41) is 4.21. The van der Waals surface area contributed by atoms with Crippen LogP contribution in [-0.4, -0.2) is 16.9 Å². The van der Waals surface area contributed by atoms with Crippen molar-refractivity contribution in [3.8, 4) is 5.88 Å². The van der Waals surface area contributed by atoms with Gasteiger partial charge >= 0.3 is 0 Å². The van der Waals surface area contributed by atoms with Gasteiger partial charge in [-0.3, -0.25) is 4.68 Å². The summed E-state index contributed by atoms with van der Waals surface area (Å²) in [7, 11) is 1.60. The van der Waals surface area contributed by atoms with Crippen LogP contribution in [0.15, 0.2) is 6.20 Å². The molecule has 12 heavy (non-hydrogen) atoms. The smallest absolute Gasteiger partial charge is 0.237 e. The molecule has 1 rings (SSSR count). The summed E-state index contributed by atoms with van der Waals surface area (Å²) < 4.78 is 6.90. The average molecular weight is 169 g/mol. The highest BCUT2D eigenvalue weighted by molar-refractivity contribution is 5.22. The Bertz CT molecular complexity index is 233. The van der Waals surface area contributed by atoms with Crippen molar-refractivity contribution in [2.24, 2.45) is 5.73 Å². The fourth-order valence-corrected chi connectivity index (χ4v) is 0.989. The maximum Gasteiger partial charge on any atom is 0.237 e. The van der Waals surface area contributed by atoms with E-state index in [1.54, 1.807) is 7.11 Å². The van der Waals surface area contributed by atoms with Gasteiger partial charge in [-0.1, -0.05) is 0 Å². The number of aromatic nitrogens is 2. The first kappa shape index (κ1) is 9.06. The SMILES string of the molecule is COc1nn(C(C)C)cc1CN. The summed E-state index contributed by atoms with van der Waals surface area (Å²) in [4.78, 5) is 0. The minimum atomic E-state index is 0.346. The first-order valence-corrected chi connectivity index (χ1v) is 4.01. The molecule has 0 aliphatic carbocycles. The number of ether oxygens (including phenoxy) is 1. The maximum atomic E-state index is 5.51. The van der Waals surface area contributed by atoms with Gasteiger partial charge in [0.1, 0.15) is 0 Å². The predicted octanol–water partition coefficient (Wildman–Crippen LogP) is 0.931. The largest absolute Gasteiger partial charge is 0.480 e. The molecular weight excluding hydrogens is 154 g/mol. The van der Waals surface area contributed by atoms with Crippen molar-refractivity contribution in [3.05, 3.63) is 11.8 Å². The molecule has 0 unspecified atom stereocenters. The first-order valence-electron chi connectivity index (χ1n) is 4.01. The van der Waals surface area contributed by atoms with Gasteiger partial charge in [0.05, 0.1) is 7.11 Å². The molecule has 0 bridgehead atoms. The van der Waals surface area contributed by atoms with Crippen LogP contribution in [0.2, 0.25) is 0 Å². The van der Waals surface area contributed by atoms with Gasteiger partial charge in [-0.05, 0) is 13.8 Å². The number of nitrogens with two attached hydrogens (primary N) is 1. The fourth-order valence-electron chi connectivity index (χ4n) is 0.989. The molecule has 4 heteroatoms. The summed E-state index contributed by atoms with van der Waals surface area (Å²) in [6, 6.07) is 0.346. The second kappa shape index (κ2) is 3.58. The average Bonchev–Trinajstić information content (AvgIpc) is 2.46. The number of nitrogens with zero attached hydrogens (tertiary/aromatic N) is 2. The van der Waals surface area contributed by atoms with E-state index in [2.05, 4.69) is 18.9 Å². The highest BCUT2D eigenvalue weighted by atomic mass is 16.5. The van der Waals surface area contributed by atoms with Crippen molar-refractivity contribution in [2.45, 2.75) is 26.4 Å². The van der Waals surface area contributed by atoms with Gasteiger partial charge in [0.25, 0.3) is 0 Å². The zero-order chi connectivity index (χ0) is 9.14. The van der Waals surface area contributed by atoms with E-state index >= 15 is 0 Å². The van der Waals surface area contributed by atoms with E-state index in [9.17, 15) is 0 Å². The summed E-state index contributed by atoms with van der Waals surface area (Å²) in [5.41, 5.74) is 6.46. The Labute approximate surface area is 72.3 Å². The molecule has 0 spiro atoms. The zero-order valence-corrected chi connectivity index (χ0v) is 7.74. The van der Waals surface area contributed by atoms with E-state index in [0.717, 1.165) is 5.56 Å². The van der Waals surface area contributed by atoms with E-state index in [0.29, 0.717) is 18.5 Å². The Morgan fingerprint density at radius 2 is 2.33 bits per heavy atom. The van der Waals surface area contributed by atoms with Gasteiger partial charge in [-0.25, -0.2) is 0 Å². The van der Waals surface area contributed by atoms with Gasteiger partial charge in [-0.15, -0.1) is 5.10 Å². The minimum Gasteiger partial charge on any atom is -0.480 e. The number of hydrogen-bond acceptors (Lipinski definition) is 3. The Balaban J connectivity index is 2.97. The molecule has 0 aliphatic rings. The van der Waals surface area contributed by atoms with Gasteiger partial charge < -0.3 is 10.5 Å². The molecule has 1 heterocycles. The lowest BCUT2D eigenvalue weighted by Gasteiger charge is -2.02. The lowest BCUT2D eigenvalue weighted by Crippen LogP contribution is -2.00. The van der Waals surface area contributed by atoms with Crippen LogP contribution >= 0.6 is 0 Å². The van der Waals surface area contributed by atoms with Crippen LogP contribution in [-0.2, 0) is 6.54 Å². The Morgan fingerprint density at radius 3 is 2.67 bits per heavy atom. The second-order valence-electron chi connectivity index (χ2n) is 2.94. The molecule has 1 aromatic rings. The van der Waals surface area contributed by atoms with Gasteiger partial charge in [0.2, 0.25) is 5.88 Å². The molecule has 1 aromatic heterocycles. The Morgan fingerprint density at radius 1 is 1.67 bits per heavy atom. The van der Waals surface area contributed by atoms with Gasteiger partial charge in [0, 0.05) is 24.3 Å². The van der Waals surface area contributed by atoms with E-state index in [-0.39, 0.29) is 0 Å². The monoisotopic (exact) mass is 169 g/mol. The molecule has 0 fully saturated rings. The summed E-state index contributed by atoms with van der Waals surface area (Å²) >= 11 is 0. The van der Waals surface area contributed by atoms with Crippen LogP contribution in [0.1, 0.15) is 25.5 Å². The fraction of sp³-hybridized carbons (Fsp3) is 0.625. The molecular formula is C8H15N3O. The second-order valence-corrected chi connectivity index (χ2v) is 2.94. The van der Waals surface area contributed by atoms with Crippen LogP contribution in [0.3, 0.4) is 0 Å². The lowest BCUT2D eigenvalue weighted by molar-refractivity contribution is 0.380. The maximum absolute atomic E-state index is 5.51. The molecule has 0 radical (unpaired) electrons. The van der Waals surface area contributed by atoms with Gasteiger partial charge in [0.15, 0.2) is 0 Å². The first-order chi connectivity index (χ1) is 5.69. The normalized spacial score (nSPS) is 10.8. The molecule has 0 saturated carbocycles. The van der Waals surface area contributed by atoms with Crippen LogP contribution < -0.4 is 10.5 Å². The Kier molecular flexibility index (Phi) is 2.70. The molecule has 0 atom stereocenters. The minimum absolute atomic E-state index is 0.346. The molecule has 4 nitrogen and oxygen atoms in total. The predicted molar refractivity (Wildman–Crippen MR) is 47.1 cm³/mol. The topological polar surface area (TPSA) is 53.1 Å². The summed E-state index contributed by atoms with van der Waals surface area (Å²) in [5.74, 6) is 0.631. The lowest BCUT2D eigenvalue weighted by atomic mass is 10.3. The highest BCUT2D eigenvalue weighted by Gasteiger charge is 2.08. The Hall–Kier alpha value is -1.03. The van der Waals surface area contributed by atoms with Crippen LogP contribution in [0.25, 0.3) is 0 Å². The third kappa shape index (κ3) is 1.58. The number of hydrogen-bond donors (Lipinski definition) is 1. The molecule has 2 N–H and O–H groups in total. The van der Waals surface area contributed by atoms with E-state index in [4.69, 9.17) is 10.5 Å². The van der Waals surface area contributed by atoms with Gasteiger partial charge in [-0.2, -0.15) is 0 Å². The third-order valence-electron chi connectivity index (χ3n) is 1.71. The molecule has 68 valence electrons. The number of methoxy groups -OCH3 is 1. The summed E-state index contributed by atoms with van der Waals surface area (Å²) in [6.45, 7) is 4.59. The van der Waals surface area contributed by atoms with Crippen LogP contribution in [0, 0.1) is 0 Å². The van der Waals surface area contributed by atoms with Crippen LogP contribution in [0.4, 0.5) is 0 Å². The quantitative estimate of drug-likeness (QED) is 0.732. The van der Waals surface area contributed by atoms with Crippen molar-refractivity contribution in [2.75, 3.05) is 7.11 Å². The number of rotatable bonds is 3.